The van der Waals surface area contributed by atoms with Gasteiger partial charge in [-0.25, -0.2) is 0 Å². The Balaban J connectivity index is -0.0000000750. The Hall–Kier alpha value is 0.709. The summed E-state index contributed by atoms with van der Waals surface area (Å²) in [6.45, 7) is 0. The van der Waals surface area contributed by atoms with Gasteiger partial charge in [0.15, 0.2) is 0 Å². The minimum atomic E-state index is -4.67. The number of hydrogen-bond donors (Lipinski definition) is 2. The predicted octanol–water partition coefficient (Wildman–Crippen LogP) is -0.777. The van der Waals surface area contributed by atoms with Crippen LogP contribution in [0.2, 0.25) is 0 Å². The molecule has 0 spiro atoms. The van der Waals surface area contributed by atoms with Crippen molar-refractivity contribution in [3.05, 3.63) is 0 Å². The van der Waals surface area contributed by atoms with Crippen LogP contribution in [-0.4, -0.2) is 17.5 Å². The quantitative estimate of drug-likeness (QED) is 0.417. The fourth-order valence-electron chi connectivity index (χ4n) is 0. The van der Waals surface area contributed by atoms with Crippen LogP contribution in [0, 0.1) is 0 Å². The van der Waals surface area contributed by atoms with Crippen molar-refractivity contribution in [2.24, 2.45) is 0 Å². The first-order chi connectivity index (χ1) is 3.00. The van der Waals surface area contributed by atoms with E-state index in [4.69, 9.17) is 21.4 Å². The van der Waals surface area contributed by atoms with Gasteiger partial charge < -0.3 is 0 Å². The summed E-state index contributed by atoms with van der Waals surface area (Å²) in [6, 6.07) is 0. The van der Waals surface area contributed by atoms with Crippen LogP contribution < -0.4 is 0 Å². The van der Waals surface area contributed by atoms with E-state index in [1.807, 2.05) is 15.9 Å². The van der Waals surface area contributed by atoms with Crippen molar-refractivity contribution in [2.75, 3.05) is 0 Å². The van der Waals surface area contributed by atoms with E-state index in [2.05, 4.69) is 0 Å². The second kappa shape index (κ2) is 7.71. The standard InChI is InChI=1S/2Fe.H2O4S.O/c;;1-5(2,3)4;/h;;(H2,1,2,3,4);. The molecule has 0 heterocycles. The maximum atomic E-state index is 8.74. The molecule has 0 atom stereocenters. The third-order valence-corrected chi connectivity index (χ3v) is 0. The second-order valence-corrected chi connectivity index (χ2v) is 1.34. The summed E-state index contributed by atoms with van der Waals surface area (Å²) in [5, 5.41) is 0. The van der Waals surface area contributed by atoms with Gasteiger partial charge in [-0.05, 0) is 0 Å². The number of hydrogen-bond acceptors (Lipinski definition) is 3. The summed E-state index contributed by atoms with van der Waals surface area (Å²) in [5.74, 6) is 0. The molecule has 0 aliphatic rings. The molecule has 0 radical (unpaired) electrons. The van der Waals surface area contributed by atoms with Gasteiger partial charge in [-0.15, -0.1) is 0 Å². The topological polar surface area (TPSA) is 91.7 Å². The first kappa shape index (κ1) is 15.9. The fraction of sp³-hybridized carbons (Fsp3) is 0. The van der Waals surface area contributed by atoms with Gasteiger partial charge in [-0.3, -0.25) is 9.11 Å². The van der Waals surface area contributed by atoms with Gasteiger partial charge in [0.2, 0.25) is 0 Å². The van der Waals surface area contributed by atoms with Crippen molar-refractivity contribution in [3.8, 4) is 0 Å². The molecule has 0 amide bonds. The molecule has 0 aliphatic heterocycles. The normalized spacial score (nSPS) is 7.88. The molecule has 8 heteroatoms. The van der Waals surface area contributed by atoms with Crippen LogP contribution >= 0.6 is 0 Å². The van der Waals surface area contributed by atoms with Crippen molar-refractivity contribution in [1.29, 1.82) is 0 Å². The molecule has 0 unspecified atom stereocenters. The Morgan fingerprint density at radius 1 is 1.12 bits per heavy atom. The van der Waals surface area contributed by atoms with Crippen LogP contribution in [0.5, 0.6) is 0 Å². The molecule has 54 valence electrons. The molecule has 2 N–H and O–H groups in total. The van der Waals surface area contributed by atoms with Crippen LogP contribution in [-0.2, 0) is 47.2 Å². The van der Waals surface area contributed by atoms with E-state index in [-0.39, 0.29) is 17.1 Å². The summed E-state index contributed by atoms with van der Waals surface area (Å²) >= 11 is 2.00. The SMILES string of the molecule is O=S(=O)(O)O.[Fe].[O]=[Fe]. The van der Waals surface area contributed by atoms with Crippen LogP contribution in [0.1, 0.15) is 0 Å². The zero-order valence-electron chi connectivity index (χ0n) is 3.23. The molecule has 0 bridgehead atoms. The van der Waals surface area contributed by atoms with E-state index in [1.54, 1.807) is 0 Å². The summed E-state index contributed by atoms with van der Waals surface area (Å²) in [4.78, 5) is 0. The Bertz CT molecular complexity index is 104. The summed E-state index contributed by atoms with van der Waals surface area (Å²) in [5.41, 5.74) is 0. The van der Waals surface area contributed by atoms with Gasteiger partial charge in [-0.2, -0.15) is 8.42 Å². The summed E-state index contributed by atoms with van der Waals surface area (Å²) in [6.07, 6.45) is 0. The van der Waals surface area contributed by atoms with E-state index >= 15 is 0 Å². The van der Waals surface area contributed by atoms with E-state index < -0.39 is 10.4 Å². The first-order valence-electron chi connectivity index (χ1n) is 0.843. The van der Waals surface area contributed by atoms with Gasteiger partial charge in [-0.1, -0.05) is 0 Å². The van der Waals surface area contributed by atoms with Crippen LogP contribution in [0.25, 0.3) is 0 Å². The molecule has 0 saturated heterocycles. The van der Waals surface area contributed by atoms with Crippen LogP contribution in [0.4, 0.5) is 0 Å². The monoisotopic (exact) mass is 226 g/mol. The molecule has 8 heavy (non-hydrogen) atoms. The maximum absolute atomic E-state index is 8.74. The van der Waals surface area contributed by atoms with Gasteiger partial charge in [0.25, 0.3) is 0 Å². The fourth-order valence-corrected chi connectivity index (χ4v) is 0. The van der Waals surface area contributed by atoms with Crippen LogP contribution in [0.15, 0.2) is 0 Å². The minimum absolute atomic E-state index is 0. The third-order valence-electron chi connectivity index (χ3n) is 0. The van der Waals surface area contributed by atoms with Crippen molar-refractivity contribution < 1.29 is 54.4 Å². The molecule has 0 aromatic carbocycles. The molecule has 0 fully saturated rings. The molecule has 0 rings (SSSR count). The Morgan fingerprint density at radius 2 is 1.12 bits per heavy atom. The average Bonchev–Trinajstić information content (AvgIpc) is 1.36. The van der Waals surface area contributed by atoms with Crippen molar-refractivity contribution in [2.45, 2.75) is 0 Å². The number of rotatable bonds is 0. The zero-order valence-corrected chi connectivity index (χ0v) is 6.26. The summed E-state index contributed by atoms with van der Waals surface area (Å²) in [7, 11) is -4.67. The van der Waals surface area contributed by atoms with Gasteiger partial charge >= 0.3 is 30.2 Å². The first-order valence-corrected chi connectivity index (χ1v) is 2.69. The molecular formula is H2Fe2O5S. The van der Waals surface area contributed by atoms with Gasteiger partial charge in [0.05, 0.1) is 0 Å². The Morgan fingerprint density at radius 3 is 1.12 bits per heavy atom. The molecule has 5 nitrogen and oxygen atoms in total. The van der Waals surface area contributed by atoms with E-state index in [1.165, 1.54) is 0 Å². The van der Waals surface area contributed by atoms with E-state index in [0.717, 1.165) is 0 Å². The van der Waals surface area contributed by atoms with E-state index in [9.17, 15) is 0 Å². The summed E-state index contributed by atoms with van der Waals surface area (Å²) < 4.78 is 39.6. The molecule has 0 saturated carbocycles. The predicted molar refractivity (Wildman–Crippen MR) is 14.9 cm³/mol. The van der Waals surface area contributed by atoms with Crippen molar-refractivity contribution in [3.63, 3.8) is 0 Å². The molecule has 0 aromatic heterocycles. The second-order valence-electron chi connectivity index (χ2n) is 0.448. The Labute approximate surface area is 64.9 Å². The van der Waals surface area contributed by atoms with Crippen molar-refractivity contribution >= 4 is 10.4 Å². The van der Waals surface area contributed by atoms with Gasteiger partial charge in [0, 0.05) is 17.1 Å². The Kier molecular flexibility index (Phi) is 15.3. The molecular weight excluding hydrogens is 224 g/mol. The van der Waals surface area contributed by atoms with E-state index in [0.29, 0.717) is 0 Å². The van der Waals surface area contributed by atoms with Crippen LogP contribution in [0.3, 0.4) is 0 Å². The zero-order chi connectivity index (χ0) is 6.50. The van der Waals surface area contributed by atoms with Crippen molar-refractivity contribution in [1.82, 2.24) is 0 Å². The molecule has 0 aromatic rings. The molecule has 0 aliphatic carbocycles. The van der Waals surface area contributed by atoms with Gasteiger partial charge in [0.1, 0.15) is 0 Å². The third kappa shape index (κ3) is 435. The average molecular weight is 226 g/mol.